The fraction of sp³-hybridized carbons (Fsp3) is 0.857. The van der Waals surface area contributed by atoms with Crippen molar-refractivity contribution in [1.82, 2.24) is 10.2 Å². The summed E-state index contributed by atoms with van der Waals surface area (Å²) < 4.78 is 0. The first-order chi connectivity index (χ1) is 9.56. The summed E-state index contributed by atoms with van der Waals surface area (Å²) in [6, 6.07) is 0.0689. The van der Waals surface area contributed by atoms with E-state index < -0.39 is 5.97 Å². The molecule has 0 saturated heterocycles. The van der Waals surface area contributed by atoms with Gasteiger partial charge in [0, 0.05) is 19.1 Å². The number of carboxylic acids is 1. The van der Waals surface area contributed by atoms with Crippen LogP contribution in [0.2, 0.25) is 0 Å². The zero-order chi connectivity index (χ0) is 14.6. The van der Waals surface area contributed by atoms with Gasteiger partial charge in [0.1, 0.15) is 0 Å². The van der Waals surface area contributed by atoms with E-state index in [1.165, 1.54) is 0 Å². The van der Waals surface area contributed by atoms with Crippen molar-refractivity contribution in [1.29, 1.82) is 0 Å². The number of urea groups is 1. The van der Waals surface area contributed by atoms with Crippen molar-refractivity contribution in [3.8, 4) is 0 Å². The fourth-order valence-electron chi connectivity index (χ4n) is 3.03. The van der Waals surface area contributed by atoms with E-state index in [0.29, 0.717) is 13.1 Å². The summed E-state index contributed by atoms with van der Waals surface area (Å²) in [7, 11) is 0. The first-order valence-corrected chi connectivity index (χ1v) is 7.43. The van der Waals surface area contributed by atoms with E-state index in [-0.39, 0.29) is 30.5 Å². The van der Waals surface area contributed by atoms with Crippen LogP contribution in [0.3, 0.4) is 0 Å². The quantitative estimate of drug-likeness (QED) is 0.655. The van der Waals surface area contributed by atoms with E-state index in [1.54, 1.807) is 4.90 Å². The normalized spacial score (nSPS) is 20.6. The lowest BCUT2D eigenvalue weighted by atomic mass is 9.66. The highest BCUT2D eigenvalue weighted by molar-refractivity contribution is 5.75. The Kier molecular flexibility index (Phi) is 4.86. The van der Waals surface area contributed by atoms with E-state index in [0.717, 1.165) is 38.5 Å². The molecule has 0 unspecified atom stereocenters. The number of nitrogens with zero attached hydrogens (tertiary/aromatic N) is 1. The third-order valence-electron chi connectivity index (χ3n) is 4.67. The van der Waals surface area contributed by atoms with Crippen LogP contribution in [-0.2, 0) is 4.79 Å². The van der Waals surface area contributed by atoms with Crippen LogP contribution < -0.4 is 5.32 Å². The van der Waals surface area contributed by atoms with Gasteiger partial charge in [-0.15, -0.1) is 0 Å². The van der Waals surface area contributed by atoms with Crippen molar-refractivity contribution in [2.45, 2.75) is 51.0 Å². The van der Waals surface area contributed by atoms with Crippen LogP contribution in [0.1, 0.15) is 44.9 Å². The summed E-state index contributed by atoms with van der Waals surface area (Å²) in [6.45, 7) is 0.736. The number of rotatable bonds is 7. The first-order valence-electron chi connectivity index (χ1n) is 7.43. The second-order valence-electron chi connectivity index (χ2n) is 6.08. The van der Waals surface area contributed by atoms with Crippen LogP contribution in [0.4, 0.5) is 4.79 Å². The van der Waals surface area contributed by atoms with Crippen molar-refractivity contribution in [2.75, 3.05) is 19.7 Å². The van der Waals surface area contributed by atoms with Crippen LogP contribution in [0, 0.1) is 5.41 Å². The Morgan fingerprint density at radius 3 is 2.35 bits per heavy atom. The van der Waals surface area contributed by atoms with Gasteiger partial charge in [0.05, 0.1) is 13.0 Å². The Hall–Kier alpha value is -1.30. The molecule has 20 heavy (non-hydrogen) atoms. The lowest BCUT2D eigenvalue weighted by molar-refractivity contribution is -0.141. The molecule has 2 saturated carbocycles. The van der Waals surface area contributed by atoms with Crippen LogP contribution in [-0.4, -0.2) is 52.9 Å². The Morgan fingerprint density at radius 2 is 1.95 bits per heavy atom. The number of hydrogen-bond donors (Lipinski definition) is 3. The van der Waals surface area contributed by atoms with E-state index in [9.17, 15) is 9.59 Å². The van der Waals surface area contributed by atoms with Crippen molar-refractivity contribution >= 4 is 12.0 Å². The molecule has 3 N–H and O–H groups in total. The topological polar surface area (TPSA) is 89.9 Å². The van der Waals surface area contributed by atoms with Crippen molar-refractivity contribution in [2.24, 2.45) is 5.41 Å². The molecule has 0 atom stereocenters. The van der Waals surface area contributed by atoms with Gasteiger partial charge >= 0.3 is 12.0 Å². The predicted molar refractivity (Wildman–Crippen MR) is 73.4 cm³/mol. The molecule has 2 aliphatic rings. The predicted octanol–water partition coefficient (Wildman–Crippen LogP) is 1.19. The summed E-state index contributed by atoms with van der Waals surface area (Å²) in [5.41, 5.74) is -0.258. The van der Waals surface area contributed by atoms with Crippen LogP contribution in [0.25, 0.3) is 0 Å². The second-order valence-corrected chi connectivity index (χ2v) is 6.08. The highest BCUT2D eigenvalue weighted by atomic mass is 16.4. The van der Waals surface area contributed by atoms with Gasteiger partial charge in [-0.1, -0.05) is 6.42 Å². The van der Waals surface area contributed by atoms with Gasteiger partial charge in [0.2, 0.25) is 0 Å². The van der Waals surface area contributed by atoms with Gasteiger partial charge in [-0.3, -0.25) is 4.79 Å². The summed E-state index contributed by atoms with van der Waals surface area (Å²) >= 11 is 0. The van der Waals surface area contributed by atoms with E-state index in [1.807, 2.05) is 0 Å². The maximum absolute atomic E-state index is 12.2. The largest absolute Gasteiger partial charge is 0.481 e. The van der Waals surface area contributed by atoms with Crippen molar-refractivity contribution in [3.05, 3.63) is 0 Å². The molecular formula is C14H24N2O4. The monoisotopic (exact) mass is 284 g/mol. The zero-order valence-electron chi connectivity index (χ0n) is 11.8. The highest BCUT2D eigenvalue weighted by Gasteiger charge is 2.40. The highest BCUT2D eigenvalue weighted by Crippen LogP contribution is 2.43. The van der Waals surface area contributed by atoms with Gasteiger partial charge in [0.25, 0.3) is 0 Å². The molecule has 2 rings (SSSR count). The number of carboxylic acid groups (broad SMARTS) is 1. The summed E-state index contributed by atoms with van der Waals surface area (Å²) in [5.74, 6) is -0.801. The molecule has 0 bridgehead atoms. The van der Waals surface area contributed by atoms with E-state index in [4.69, 9.17) is 10.2 Å². The van der Waals surface area contributed by atoms with Crippen LogP contribution in [0.15, 0.2) is 0 Å². The minimum atomic E-state index is -0.801. The van der Waals surface area contributed by atoms with Gasteiger partial charge in [-0.25, -0.2) is 4.79 Å². The Labute approximate surface area is 119 Å². The minimum Gasteiger partial charge on any atom is -0.481 e. The average molecular weight is 284 g/mol. The summed E-state index contributed by atoms with van der Waals surface area (Å²) in [6.07, 6.45) is 6.00. The standard InChI is InChI=1S/C14H24N2O4/c17-8-7-16(11-3-1-4-11)13(20)15-10-14(5-2-6-14)9-12(18)19/h11,17H,1-10H2,(H,15,20)(H,18,19). The number of carbonyl (C=O) groups excluding carboxylic acids is 1. The number of hydrogen-bond acceptors (Lipinski definition) is 3. The van der Waals surface area contributed by atoms with Gasteiger partial charge in [-0.2, -0.15) is 0 Å². The zero-order valence-corrected chi connectivity index (χ0v) is 11.8. The van der Waals surface area contributed by atoms with Crippen molar-refractivity contribution < 1.29 is 19.8 Å². The molecule has 114 valence electrons. The molecular weight excluding hydrogens is 260 g/mol. The number of amides is 2. The van der Waals surface area contributed by atoms with Crippen molar-refractivity contribution in [3.63, 3.8) is 0 Å². The number of aliphatic hydroxyl groups is 1. The molecule has 0 aliphatic heterocycles. The first kappa shape index (κ1) is 15.1. The fourth-order valence-corrected chi connectivity index (χ4v) is 3.03. The summed E-state index contributed by atoms with van der Waals surface area (Å²) in [4.78, 5) is 24.8. The third kappa shape index (κ3) is 3.42. The maximum Gasteiger partial charge on any atom is 0.317 e. The van der Waals surface area contributed by atoms with Gasteiger partial charge in [0.15, 0.2) is 0 Å². The number of carbonyl (C=O) groups is 2. The molecule has 6 heteroatoms. The molecule has 0 heterocycles. The second kappa shape index (κ2) is 6.43. The minimum absolute atomic E-state index is 0.0375. The summed E-state index contributed by atoms with van der Waals surface area (Å²) in [5, 5.41) is 20.9. The molecule has 2 aliphatic carbocycles. The molecule has 2 fully saturated rings. The molecule has 0 aromatic rings. The van der Waals surface area contributed by atoms with E-state index >= 15 is 0 Å². The molecule has 0 spiro atoms. The van der Waals surface area contributed by atoms with Crippen LogP contribution in [0.5, 0.6) is 0 Å². The SMILES string of the molecule is O=C(O)CC1(CNC(=O)N(CCO)C2CCC2)CCC1. The van der Waals surface area contributed by atoms with Gasteiger partial charge < -0.3 is 20.4 Å². The molecule has 6 nitrogen and oxygen atoms in total. The Balaban J connectivity index is 1.84. The molecule has 0 aromatic carbocycles. The smallest absolute Gasteiger partial charge is 0.317 e. The molecule has 0 radical (unpaired) electrons. The Morgan fingerprint density at radius 1 is 1.25 bits per heavy atom. The maximum atomic E-state index is 12.2. The van der Waals surface area contributed by atoms with Crippen LogP contribution >= 0.6 is 0 Å². The number of aliphatic carboxylic acids is 1. The number of aliphatic hydroxyl groups excluding tert-OH is 1. The molecule has 2 amide bonds. The molecule has 0 aromatic heterocycles. The third-order valence-corrected chi connectivity index (χ3v) is 4.67. The van der Waals surface area contributed by atoms with E-state index in [2.05, 4.69) is 5.32 Å². The lowest BCUT2D eigenvalue weighted by Crippen LogP contribution is -2.53. The lowest BCUT2D eigenvalue weighted by Gasteiger charge is -2.42. The number of nitrogens with one attached hydrogen (secondary N) is 1. The Bertz CT molecular complexity index is 364. The average Bonchev–Trinajstić information content (AvgIpc) is 2.28. The van der Waals surface area contributed by atoms with Gasteiger partial charge in [-0.05, 0) is 37.5 Å².